The Morgan fingerprint density at radius 1 is 1.17 bits per heavy atom. The summed E-state index contributed by atoms with van der Waals surface area (Å²) >= 11 is 8.53. The summed E-state index contributed by atoms with van der Waals surface area (Å²) < 4.78 is 7.23. The van der Waals surface area contributed by atoms with E-state index in [0.29, 0.717) is 11.2 Å². The van der Waals surface area contributed by atoms with Crippen LogP contribution in [0.3, 0.4) is 0 Å². The fourth-order valence-electron chi connectivity index (χ4n) is 1.47. The van der Waals surface area contributed by atoms with Crippen LogP contribution >= 0.6 is 23.7 Å². The molecule has 2 rings (SSSR count). The van der Waals surface area contributed by atoms with Crippen LogP contribution in [0.2, 0.25) is 0 Å². The quantitative estimate of drug-likeness (QED) is 0.616. The van der Waals surface area contributed by atoms with E-state index in [-0.39, 0.29) is 28.3 Å². The van der Waals surface area contributed by atoms with Crippen molar-refractivity contribution in [3.63, 3.8) is 0 Å². The van der Waals surface area contributed by atoms with Crippen LogP contribution < -0.4 is 11.2 Å². The number of aromatic nitrogens is 4. The van der Waals surface area contributed by atoms with E-state index in [1.165, 1.54) is 17.9 Å². The number of hydrogen-bond donors (Lipinski definition) is 0. The van der Waals surface area contributed by atoms with Gasteiger partial charge in [-0.3, -0.25) is 13.9 Å². The molecule has 18 heavy (non-hydrogen) atoms. The standard InChI is InChI=1S/C8H10N4O2.Cl2O.Se/c1-10-4-9-6-5(10)7(13)12(3)8(14)11(6)2;1-3-2;/h4H,1-3H3;;. The maximum absolute atomic E-state index is 11.7. The average molecular weight is 360 g/mol. The third kappa shape index (κ3) is 2.96. The molecule has 2 radical (unpaired) electrons. The largest absolute Gasteiger partial charge is 0.332 e. The first-order valence-corrected chi connectivity index (χ1v) is 5.03. The summed E-state index contributed by atoms with van der Waals surface area (Å²) in [5.41, 5.74) is 0.180. The third-order valence-corrected chi connectivity index (χ3v) is 2.32. The molecule has 0 aliphatic heterocycles. The predicted molar refractivity (Wildman–Crippen MR) is 69.7 cm³/mol. The van der Waals surface area contributed by atoms with E-state index in [4.69, 9.17) is 0 Å². The van der Waals surface area contributed by atoms with E-state index < -0.39 is 0 Å². The zero-order chi connectivity index (χ0) is 13.2. The van der Waals surface area contributed by atoms with Crippen molar-refractivity contribution in [1.82, 2.24) is 18.7 Å². The maximum atomic E-state index is 11.7. The van der Waals surface area contributed by atoms with Crippen molar-refractivity contribution < 1.29 is 3.84 Å². The van der Waals surface area contributed by atoms with Gasteiger partial charge in [-0.1, -0.05) is 0 Å². The van der Waals surface area contributed by atoms with E-state index in [0.717, 1.165) is 4.57 Å². The Labute approximate surface area is 123 Å². The SMILES string of the molecule is ClOCl.Cn1c(=O)c2c(ncn2C)n(C)c1=O.[Se]. The number of nitrogens with zero attached hydrogens (tertiary/aromatic N) is 4. The molecule has 0 aromatic carbocycles. The zero-order valence-electron chi connectivity index (χ0n) is 9.76. The second kappa shape index (κ2) is 6.96. The Morgan fingerprint density at radius 3 is 2.17 bits per heavy atom. The molecule has 2 aromatic heterocycles. The van der Waals surface area contributed by atoms with Crippen molar-refractivity contribution in [2.24, 2.45) is 21.1 Å². The predicted octanol–water partition coefficient (Wildman–Crippen LogP) is -0.0995. The molecule has 0 aliphatic carbocycles. The van der Waals surface area contributed by atoms with Crippen molar-refractivity contribution in [3.05, 3.63) is 27.2 Å². The van der Waals surface area contributed by atoms with Gasteiger partial charge in [0.1, 0.15) is 0 Å². The fourth-order valence-corrected chi connectivity index (χ4v) is 1.47. The molecular weight excluding hydrogens is 350 g/mol. The molecule has 0 saturated heterocycles. The van der Waals surface area contributed by atoms with Gasteiger partial charge in [-0.05, 0) is 0 Å². The Hall–Kier alpha value is -0.791. The van der Waals surface area contributed by atoms with Crippen LogP contribution in [0.5, 0.6) is 0 Å². The third-order valence-electron chi connectivity index (χ3n) is 2.32. The molecule has 2 heterocycles. The normalized spacial score (nSPS) is 9.61. The topological polar surface area (TPSA) is 71.1 Å². The molecule has 0 fully saturated rings. The fraction of sp³-hybridized carbons (Fsp3) is 0.375. The first kappa shape index (κ1) is 17.2. The van der Waals surface area contributed by atoms with Crippen LogP contribution in [0, 0.1) is 0 Å². The van der Waals surface area contributed by atoms with Gasteiger partial charge in [0.05, 0.1) is 30.1 Å². The number of aryl methyl sites for hydroxylation is 2. The molecule has 2 aromatic rings. The molecule has 7 nitrogen and oxygen atoms in total. The zero-order valence-corrected chi connectivity index (χ0v) is 13.0. The summed E-state index contributed by atoms with van der Waals surface area (Å²) in [6.07, 6.45) is 1.52. The number of imidazole rings is 1. The summed E-state index contributed by atoms with van der Waals surface area (Å²) in [5, 5.41) is 0. The van der Waals surface area contributed by atoms with Crippen molar-refractivity contribution in [2.45, 2.75) is 0 Å². The minimum atomic E-state index is -0.360. The van der Waals surface area contributed by atoms with Crippen LogP contribution in [0.25, 0.3) is 11.2 Å². The van der Waals surface area contributed by atoms with Crippen LogP contribution in [-0.4, -0.2) is 35.8 Å². The van der Waals surface area contributed by atoms with E-state index in [2.05, 4.69) is 32.6 Å². The van der Waals surface area contributed by atoms with Gasteiger partial charge in [-0.2, -0.15) is 3.84 Å². The van der Waals surface area contributed by atoms with Gasteiger partial charge in [-0.15, -0.1) is 0 Å². The summed E-state index contributed by atoms with van der Waals surface area (Å²) in [7, 11) is 4.77. The Balaban J connectivity index is 0.000000660. The number of fused-ring (bicyclic) bond motifs is 1. The summed E-state index contributed by atoms with van der Waals surface area (Å²) in [4.78, 5) is 27.2. The first-order valence-electron chi connectivity index (χ1n) is 4.42. The molecule has 100 valence electrons. The average Bonchev–Trinajstić information content (AvgIpc) is 2.67. The van der Waals surface area contributed by atoms with Crippen LogP contribution in [-0.2, 0) is 25.0 Å². The maximum Gasteiger partial charge on any atom is 0.332 e. The van der Waals surface area contributed by atoms with Crippen molar-refractivity contribution in [1.29, 1.82) is 0 Å². The van der Waals surface area contributed by atoms with Crippen molar-refractivity contribution in [3.8, 4) is 0 Å². The molecule has 0 aliphatic rings. The van der Waals surface area contributed by atoms with Crippen LogP contribution in [0.4, 0.5) is 0 Å². The van der Waals surface area contributed by atoms with Gasteiger partial charge < -0.3 is 4.57 Å². The number of rotatable bonds is 0. The summed E-state index contributed by atoms with van der Waals surface area (Å²) in [6.45, 7) is 0. The molecule has 0 bridgehead atoms. The molecule has 0 N–H and O–H groups in total. The Morgan fingerprint density at radius 2 is 1.67 bits per heavy atom. The summed E-state index contributed by atoms with van der Waals surface area (Å²) in [6, 6.07) is 0. The molecular formula is C8H10Cl2N4O3Se. The van der Waals surface area contributed by atoms with Crippen molar-refractivity contribution >= 4 is 52.0 Å². The van der Waals surface area contributed by atoms with Crippen LogP contribution in [0.15, 0.2) is 15.9 Å². The Bertz CT molecular complexity index is 648. The first-order chi connectivity index (χ1) is 7.95. The van der Waals surface area contributed by atoms with E-state index in [1.54, 1.807) is 18.7 Å². The van der Waals surface area contributed by atoms with Gasteiger partial charge in [0.2, 0.25) is 0 Å². The van der Waals surface area contributed by atoms with E-state index in [1.807, 2.05) is 0 Å². The van der Waals surface area contributed by atoms with E-state index >= 15 is 0 Å². The molecule has 10 heteroatoms. The molecule has 0 saturated carbocycles. The second-order valence-electron chi connectivity index (χ2n) is 3.29. The van der Waals surface area contributed by atoms with Gasteiger partial charge >= 0.3 is 5.69 Å². The van der Waals surface area contributed by atoms with Crippen LogP contribution in [0.1, 0.15) is 0 Å². The van der Waals surface area contributed by atoms with E-state index in [9.17, 15) is 9.59 Å². The molecule has 0 atom stereocenters. The molecule has 0 spiro atoms. The van der Waals surface area contributed by atoms with Crippen molar-refractivity contribution in [2.75, 3.05) is 0 Å². The van der Waals surface area contributed by atoms with Gasteiger partial charge in [0.25, 0.3) is 5.56 Å². The minimum absolute atomic E-state index is 0. The number of hydrogen-bond acceptors (Lipinski definition) is 4. The molecule has 0 unspecified atom stereocenters. The smallest absolute Gasteiger partial charge is 0.328 e. The van der Waals surface area contributed by atoms with Gasteiger partial charge in [0.15, 0.2) is 11.2 Å². The second-order valence-corrected chi connectivity index (χ2v) is 3.76. The van der Waals surface area contributed by atoms with Gasteiger partial charge in [0, 0.05) is 38.2 Å². The summed E-state index contributed by atoms with van der Waals surface area (Å²) in [5.74, 6) is 0. The molecule has 0 amide bonds. The minimum Gasteiger partial charge on any atom is -0.328 e. The van der Waals surface area contributed by atoms with Gasteiger partial charge in [-0.25, -0.2) is 9.78 Å². The number of halogens is 2. The Kier molecular flexibility index (Phi) is 6.66. The monoisotopic (exact) mass is 360 g/mol.